The van der Waals surface area contributed by atoms with Crippen LogP contribution in [0.25, 0.3) is 6.08 Å². The highest BCUT2D eigenvalue weighted by atomic mass is 16.5. The molecule has 0 saturated carbocycles. The zero-order chi connectivity index (χ0) is 21.2. The van der Waals surface area contributed by atoms with Crippen molar-refractivity contribution in [3.63, 3.8) is 0 Å². The fourth-order valence-electron chi connectivity index (χ4n) is 3.78. The lowest BCUT2D eigenvalue weighted by Crippen LogP contribution is -2.40. The Morgan fingerprint density at radius 1 is 1.24 bits per heavy atom. The Morgan fingerprint density at radius 3 is 2.62 bits per heavy atom. The van der Waals surface area contributed by atoms with Crippen LogP contribution in [0.2, 0.25) is 0 Å². The number of likely N-dealkylation sites (tertiary alicyclic amines) is 1. The maximum absolute atomic E-state index is 12.1. The molecule has 0 radical (unpaired) electrons. The summed E-state index contributed by atoms with van der Waals surface area (Å²) in [6, 6.07) is 5.19. The third-order valence-corrected chi connectivity index (χ3v) is 4.88. The van der Waals surface area contributed by atoms with Gasteiger partial charge in [0, 0.05) is 25.7 Å². The van der Waals surface area contributed by atoms with Crippen molar-refractivity contribution < 1.29 is 19.1 Å². The van der Waals surface area contributed by atoms with Crippen molar-refractivity contribution in [2.75, 3.05) is 39.9 Å². The summed E-state index contributed by atoms with van der Waals surface area (Å²) in [5.74, 6) is 1.71. The minimum atomic E-state index is -0.558. The van der Waals surface area contributed by atoms with Crippen molar-refractivity contribution in [3.05, 3.63) is 29.8 Å². The number of benzene rings is 1. The van der Waals surface area contributed by atoms with E-state index >= 15 is 0 Å². The number of methoxy groups -OCH3 is 1. The van der Waals surface area contributed by atoms with E-state index in [9.17, 15) is 9.59 Å². The van der Waals surface area contributed by atoms with E-state index in [0.29, 0.717) is 18.0 Å². The Bertz CT molecular complexity index is 710. The van der Waals surface area contributed by atoms with E-state index in [-0.39, 0.29) is 12.5 Å². The van der Waals surface area contributed by atoms with Crippen molar-refractivity contribution in [2.45, 2.75) is 26.7 Å². The van der Waals surface area contributed by atoms with E-state index < -0.39 is 5.91 Å². The van der Waals surface area contributed by atoms with E-state index in [1.165, 1.54) is 19.6 Å². The van der Waals surface area contributed by atoms with Gasteiger partial charge >= 0.3 is 0 Å². The minimum Gasteiger partial charge on any atom is -0.493 e. The number of nitrogens with one attached hydrogen (secondary N) is 1. The molecule has 7 heteroatoms. The van der Waals surface area contributed by atoms with Gasteiger partial charge in [0.25, 0.3) is 5.91 Å². The van der Waals surface area contributed by atoms with Crippen LogP contribution in [0.4, 0.5) is 0 Å². The number of carbonyl (C=O) groups is 2. The first kappa shape index (κ1) is 22.7. The van der Waals surface area contributed by atoms with Gasteiger partial charge in [-0.15, -0.1) is 0 Å². The van der Waals surface area contributed by atoms with Crippen LogP contribution in [-0.4, -0.2) is 56.6 Å². The van der Waals surface area contributed by atoms with E-state index in [1.807, 2.05) is 0 Å². The van der Waals surface area contributed by atoms with Gasteiger partial charge in [-0.05, 0) is 55.0 Å². The van der Waals surface area contributed by atoms with Gasteiger partial charge in [0.15, 0.2) is 18.1 Å². The van der Waals surface area contributed by atoms with Crippen molar-refractivity contribution in [2.24, 2.45) is 17.6 Å². The predicted molar refractivity (Wildman–Crippen MR) is 114 cm³/mol. The summed E-state index contributed by atoms with van der Waals surface area (Å²) in [7, 11) is 1.51. The van der Waals surface area contributed by atoms with Gasteiger partial charge in [-0.1, -0.05) is 19.9 Å². The molecular formula is C22H33N3O4. The summed E-state index contributed by atoms with van der Waals surface area (Å²) in [4.78, 5) is 25.4. The molecule has 0 aliphatic carbocycles. The molecule has 1 saturated heterocycles. The number of carbonyl (C=O) groups excluding carboxylic acids is 2. The molecular weight excluding hydrogens is 370 g/mol. The van der Waals surface area contributed by atoms with Gasteiger partial charge < -0.3 is 25.4 Å². The van der Waals surface area contributed by atoms with Crippen molar-refractivity contribution in [3.8, 4) is 11.5 Å². The zero-order valence-electron chi connectivity index (χ0n) is 17.6. The lowest BCUT2D eigenvalue weighted by atomic mass is 9.92. The maximum atomic E-state index is 12.1. The molecule has 1 aliphatic heterocycles. The number of primary amides is 1. The van der Waals surface area contributed by atoms with Crippen LogP contribution in [0.3, 0.4) is 0 Å². The number of amides is 2. The Labute approximate surface area is 173 Å². The van der Waals surface area contributed by atoms with Crippen LogP contribution in [0.5, 0.6) is 11.5 Å². The second-order valence-electron chi connectivity index (χ2n) is 7.85. The number of ether oxygens (including phenoxy) is 2. The molecule has 1 aromatic rings. The number of nitrogens with two attached hydrogens (primary N) is 1. The van der Waals surface area contributed by atoms with Crippen LogP contribution >= 0.6 is 0 Å². The minimum absolute atomic E-state index is 0.126. The first-order valence-electron chi connectivity index (χ1n) is 10.1. The SMILES string of the molecule is COc1cc(/C=C/C(=O)NCCCN2CC(C)CC(C)C2)ccc1OCC(N)=O. The molecule has 160 valence electrons. The number of hydrogen-bond donors (Lipinski definition) is 2. The van der Waals surface area contributed by atoms with Crippen LogP contribution in [0.1, 0.15) is 32.3 Å². The summed E-state index contributed by atoms with van der Waals surface area (Å²) < 4.78 is 10.6. The number of nitrogens with zero attached hydrogens (tertiary/aromatic N) is 1. The van der Waals surface area contributed by atoms with Crippen LogP contribution in [0, 0.1) is 11.8 Å². The molecule has 0 spiro atoms. The molecule has 1 aliphatic rings. The Kier molecular flexibility index (Phi) is 8.99. The highest BCUT2D eigenvalue weighted by Gasteiger charge is 2.20. The number of piperidine rings is 1. The van der Waals surface area contributed by atoms with Gasteiger partial charge in [-0.2, -0.15) is 0 Å². The average molecular weight is 404 g/mol. The lowest BCUT2D eigenvalue weighted by molar-refractivity contribution is -0.120. The first-order valence-corrected chi connectivity index (χ1v) is 10.1. The number of rotatable bonds is 10. The third kappa shape index (κ3) is 8.15. The Morgan fingerprint density at radius 2 is 1.97 bits per heavy atom. The summed E-state index contributed by atoms with van der Waals surface area (Å²) in [5, 5.41) is 2.93. The second kappa shape index (κ2) is 11.5. The van der Waals surface area contributed by atoms with Crippen LogP contribution in [-0.2, 0) is 9.59 Å². The van der Waals surface area contributed by atoms with Gasteiger partial charge in [0.1, 0.15) is 0 Å². The molecule has 2 unspecified atom stereocenters. The molecule has 1 fully saturated rings. The molecule has 2 rings (SSSR count). The van der Waals surface area contributed by atoms with Crippen molar-refractivity contribution >= 4 is 17.9 Å². The van der Waals surface area contributed by atoms with Gasteiger partial charge in [0.2, 0.25) is 5.91 Å². The molecule has 2 atom stereocenters. The third-order valence-electron chi connectivity index (χ3n) is 4.88. The maximum Gasteiger partial charge on any atom is 0.255 e. The molecule has 1 aromatic carbocycles. The summed E-state index contributed by atoms with van der Waals surface area (Å²) in [6.45, 7) is 8.37. The second-order valence-corrected chi connectivity index (χ2v) is 7.85. The summed E-state index contributed by atoms with van der Waals surface area (Å²) in [6.07, 6.45) is 5.47. The monoisotopic (exact) mass is 403 g/mol. The first-order chi connectivity index (χ1) is 13.9. The predicted octanol–water partition coefficient (Wildman–Crippen LogP) is 2.06. The van der Waals surface area contributed by atoms with Crippen molar-refractivity contribution in [1.29, 1.82) is 0 Å². The molecule has 7 nitrogen and oxygen atoms in total. The largest absolute Gasteiger partial charge is 0.493 e. The van der Waals surface area contributed by atoms with E-state index in [2.05, 4.69) is 24.1 Å². The molecule has 1 heterocycles. The summed E-state index contributed by atoms with van der Waals surface area (Å²) >= 11 is 0. The Balaban J connectivity index is 1.76. The number of hydrogen-bond acceptors (Lipinski definition) is 5. The standard InChI is InChI=1S/C22H33N3O4/c1-16-11-17(2)14-25(13-16)10-4-9-24-22(27)8-6-18-5-7-19(20(12-18)28-3)29-15-21(23)26/h5-8,12,16-17H,4,9-11,13-15H2,1-3H3,(H2,23,26)(H,24,27)/b8-6+. The van der Waals surface area contributed by atoms with Gasteiger partial charge in [-0.3, -0.25) is 9.59 Å². The lowest BCUT2D eigenvalue weighted by Gasteiger charge is -2.34. The molecule has 0 bridgehead atoms. The van der Waals surface area contributed by atoms with E-state index in [0.717, 1.165) is 43.5 Å². The van der Waals surface area contributed by atoms with E-state index in [1.54, 1.807) is 24.3 Å². The highest BCUT2D eigenvalue weighted by Crippen LogP contribution is 2.28. The quantitative estimate of drug-likeness (QED) is 0.461. The van der Waals surface area contributed by atoms with Crippen LogP contribution < -0.4 is 20.5 Å². The average Bonchev–Trinajstić information content (AvgIpc) is 2.67. The normalized spacial score (nSPS) is 19.8. The molecule has 29 heavy (non-hydrogen) atoms. The topological polar surface area (TPSA) is 93.9 Å². The fraction of sp³-hybridized carbons (Fsp3) is 0.545. The van der Waals surface area contributed by atoms with Crippen LogP contribution in [0.15, 0.2) is 24.3 Å². The molecule has 0 aromatic heterocycles. The zero-order valence-corrected chi connectivity index (χ0v) is 17.6. The highest BCUT2D eigenvalue weighted by molar-refractivity contribution is 5.91. The molecule has 3 N–H and O–H groups in total. The molecule has 2 amide bonds. The van der Waals surface area contributed by atoms with E-state index in [4.69, 9.17) is 15.2 Å². The van der Waals surface area contributed by atoms with Crippen molar-refractivity contribution in [1.82, 2.24) is 10.2 Å². The van der Waals surface area contributed by atoms with Gasteiger partial charge in [0.05, 0.1) is 7.11 Å². The smallest absolute Gasteiger partial charge is 0.255 e. The van der Waals surface area contributed by atoms with Gasteiger partial charge in [-0.25, -0.2) is 0 Å². The Hall–Kier alpha value is -2.54. The summed E-state index contributed by atoms with van der Waals surface area (Å²) in [5.41, 5.74) is 5.88. The fourth-order valence-corrected chi connectivity index (χ4v) is 3.78.